The lowest BCUT2D eigenvalue weighted by molar-refractivity contribution is 0.284. The molecule has 1 rings (SSSR count). The van der Waals surface area contributed by atoms with Gasteiger partial charge in [0.15, 0.2) is 0 Å². The maximum atomic E-state index is 13.2. The van der Waals surface area contributed by atoms with Gasteiger partial charge in [0.05, 0.1) is 16.4 Å². The topological polar surface area (TPSA) is 41.3 Å². The molecule has 0 heterocycles. The lowest BCUT2D eigenvalue weighted by atomic mass is 10.2. The normalized spacial score (nSPS) is 11.2. The average Bonchev–Trinajstić information content (AvgIpc) is 2.25. The first-order chi connectivity index (χ1) is 7.91. The number of hydrogen-bond acceptors (Lipinski definition) is 3. The van der Waals surface area contributed by atoms with Crippen LogP contribution in [0.15, 0.2) is 12.1 Å². The van der Waals surface area contributed by atoms with Crippen molar-refractivity contribution in [2.45, 2.75) is 19.9 Å². The molecule has 1 aromatic carbocycles. The molecule has 5 heteroatoms. The molecule has 96 valence electrons. The highest BCUT2D eigenvalue weighted by atomic mass is 35.5. The Morgan fingerprint density at radius 3 is 2.71 bits per heavy atom. The summed E-state index contributed by atoms with van der Waals surface area (Å²) in [5.74, 6) is -0.458. The van der Waals surface area contributed by atoms with E-state index in [1.54, 1.807) is 0 Å². The first kappa shape index (κ1) is 14.1. The molecule has 0 bridgehead atoms. The molecule has 0 amide bonds. The van der Waals surface area contributed by atoms with E-state index in [4.69, 9.17) is 17.3 Å². The van der Waals surface area contributed by atoms with Crippen LogP contribution >= 0.6 is 11.6 Å². The van der Waals surface area contributed by atoms with Crippen molar-refractivity contribution in [3.05, 3.63) is 23.0 Å². The van der Waals surface area contributed by atoms with Crippen LogP contribution < -0.4 is 11.1 Å². The first-order valence-corrected chi connectivity index (χ1v) is 5.98. The molecule has 1 aromatic rings. The summed E-state index contributed by atoms with van der Waals surface area (Å²) >= 11 is 5.62. The van der Waals surface area contributed by atoms with Gasteiger partial charge in [0.25, 0.3) is 0 Å². The minimum atomic E-state index is -0.458. The lowest BCUT2D eigenvalue weighted by Crippen LogP contribution is -2.31. The molecule has 0 aliphatic rings. The standard InChI is InChI=1S/C12H19ClFN3/c1-8(2)17(3)5-4-16-12-7-10(14)9(13)6-11(12)15/h6-8,16H,4-5,15H2,1-3H3. The number of nitrogens with zero attached hydrogens (tertiary/aromatic N) is 1. The smallest absolute Gasteiger partial charge is 0.143 e. The van der Waals surface area contributed by atoms with E-state index >= 15 is 0 Å². The van der Waals surface area contributed by atoms with Crippen LogP contribution in [0.25, 0.3) is 0 Å². The molecule has 0 saturated carbocycles. The van der Waals surface area contributed by atoms with E-state index in [9.17, 15) is 4.39 Å². The number of hydrogen-bond donors (Lipinski definition) is 2. The monoisotopic (exact) mass is 259 g/mol. The summed E-state index contributed by atoms with van der Waals surface area (Å²) in [4.78, 5) is 2.19. The molecule has 0 aromatic heterocycles. The molecule has 0 aliphatic heterocycles. The number of rotatable bonds is 5. The second kappa shape index (κ2) is 6.07. The molecule has 17 heavy (non-hydrogen) atoms. The molecule has 0 saturated heterocycles. The van der Waals surface area contributed by atoms with E-state index in [1.807, 2.05) is 7.05 Å². The summed E-state index contributed by atoms with van der Waals surface area (Å²) in [6.45, 7) is 5.81. The zero-order chi connectivity index (χ0) is 13.0. The number of likely N-dealkylation sites (N-methyl/N-ethyl adjacent to an activating group) is 1. The van der Waals surface area contributed by atoms with Gasteiger partial charge < -0.3 is 16.0 Å². The van der Waals surface area contributed by atoms with Gasteiger partial charge in [-0.2, -0.15) is 0 Å². The summed E-state index contributed by atoms with van der Waals surface area (Å²) in [5.41, 5.74) is 6.79. The van der Waals surface area contributed by atoms with Crippen molar-refractivity contribution in [2.24, 2.45) is 0 Å². The predicted molar refractivity (Wildman–Crippen MR) is 72.1 cm³/mol. The Morgan fingerprint density at radius 1 is 1.47 bits per heavy atom. The summed E-state index contributed by atoms with van der Waals surface area (Å²) in [7, 11) is 2.04. The molecule has 0 radical (unpaired) electrons. The van der Waals surface area contributed by atoms with E-state index in [1.165, 1.54) is 12.1 Å². The van der Waals surface area contributed by atoms with Crippen LogP contribution in [0.1, 0.15) is 13.8 Å². The van der Waals surface area contributed by atoms with Crippen LogP contribution in [0.4, 0.5) is 15.8 Å². The second-order valence-electron chi connectivity index (χ2n) is 4.35. The third-order valence-electron chi connectivity index (χ3n) is 2.75. The molecule has 0 spiro atoms. The minimum Gasteiger partial charge on any atom is -0.397 e. The van der Waals surface area contributed by atoms with Gasteiger partial charge in [-0.1, -0.05) is 11.6 Å². The number of benzene rings is 1. The van der Waals surface area contributed by atoms with E-state index < -0.39 is 5.82 Å². The number of halogens is 2. The van der Waals surface area contributed by atoms with Crippen LogP contribution in [0.5, 0.6) is 0 Å². The largest absolute Gasteiger partial charge is 0.397 e. The maximum Gasteiger partial charge on any atom is 0.143 e. The van der Waals surface area contributed by atoms with E-state index in [0.717, 1.165) is 6.54 Å². The lowest BCUT2D eigenvalue weighted by Gasteiger charge is -2.21. The van der Waals surface area contributed by atoms with E-state index in [0.29, 0.717) is 24.0 Å². The fraction of sp³-hybridized carbons (Fsp3) is 0.500. The second-order valence-corrected chi connectivity index (χ2v) is 4.76. The summed E-state index contributed by atoms with van der Waals surface area (Å²) in [6.07, 6.45) is 0. The number of nitrogens with two attached hydrogens (primary N) is 1. The van der Waals surface area contributed by atoms with Crippen LogP contribution in [0, 0.1) is 5.82 Å². The van der Waals surface area contributed by atoms with Gasteiger partial charge in [0, 0.05) is 25.2 Å². The fourth-order valence-electron chi connectivity index (χ4n) is 1.34. The fourth-order valence-corrected chi connectivity index (χ4v) is 1.51. The highest BCUT2D eigenvalue weighted by Crippen LogP contribution is 2.25. The summed E-state index contributed by atoms with van der Waals surface area (Å²) in [5, 5.41) is 3.15. The summed E-state index contributed by atoms with van der Waals surface area (Å²) in [6, 6.07) is 3.23. The van der Waals surface area contributed by atoms with Gasteiger partial charge in [0.2, 0.25) is 0 Å². The highest BCUT2D eigenvalue weighted by Gasteiger charge is 2.07. The van der Waals surface area contributed by atoms with Gasteiger partial charge in [-0.05, 0) is 27.0 Å². The molecule has 0 fully saturated rings. The Morgan fingerprint density at radius 2 is 2.12 bits per heavy atom. The average molecular weight is 260 g/mol. The zero-order valence-corrected chi connectivity index (χ0v) is 11.2. The Labute approximate surface area is 107 Å². The van der Waals surface area contributed by atoms with E-state index in [-0.39, 0.29) is 5.02 Å². The Kier molecular flexibility index (Phi) is 5.02. The molecule has 3 N–H and O–H groups in total. The Bertz CT molecular complexity index is 382. The van der Waals surface area contributed by atoms with Gasteiger partial charge in [0.1, 0.15) is 5.82 Å². The summed E-state index contributed by atoms with van der Waals surface area (Å²) < 4.78 is 13.2. The molecular weight excluding hydrogens is 241 g/mol. The van der Waals surface area contributed by atoms with Crippen LogP contribution in [0.2, 0.25) is 5.02 Å². The number of anilines is 2. The molecule has 3 nitrogen and oxygen atoms in total. The third kappa shape index (κ3) is 4.06. The van der Waals surface area contributed by atoms with Crippen molar-refractivity contribution in [3.63, 3.8) is 0 Å². The zero-order valence-electron chi connectivity index (χ0n) is 10.4. The first-order valence-electron chi connectivity index (χ1n) is 5.60. The van der Waals surface area contributed by atoms with Gasteiger partial charge in [-0.25, -0.2) is 4.39 Å². The van der Waals surface area contributed by atoms with E-state index in [2.05, 4.69) is 24.1 Å². The molecule has 0 unspecified atom stereocenters. The van der Waals surface area contributed by atoms with Crippen LogP contribution in [-0.4, -0.2) is 31.1 Å². The predicted octanol–water partition coefficient (Wildman–Crippen LogP) is 2.81. The van der Waals surface area contributed by atoms with Gasteiger partial charge in [-0.15, -0.1) is 0 Å². The maximum absolute atomic E-state index is 13.2. The molecule has 0 atom stereocenters. The third-order valence-corrected chi connectivity index (χ3v) is 3.04. The van der Waals surface area contributed by atoms with Crippen molar-refractivity contribution < 1.29 is 4.39 Å². The van der Waals surface area contributed by atoms with Crippen LogP contribution in [0.3, 0.4) is 0 Å². The van der Waals surface area contributed by atoms with Gasteiger partial charge >= 0.3 is 0 Å². The van der Waals surface area contributed by atoms with Crippen molar-refractivity contribution in [2.75, 3.05) is 31.2 Å². The highest BCUT2D eigenvalue weighted by molar-refractivity contribution is 6.31. The van der Waals surface area contributed by atoms with Crippen molar-refractivity contribution in [3.8, 4) is 0 Å². The van der Waals surface area contributed by atoms with Crippen molar-refractivity contribution >= 4 is 23.0 Å². The van der Waals surface area contributed by atoms with Crippen molar-refractivity contribution in [1.29, 1.82) is 0 Å². The molecule has 0 aliphatic carbocycles. The Balaban J connectivity index is 2.55. The van der Waals surface area contributed by atoms with Crippen LogP contribution in [-0.2, 0) is 0 Å². The number of nitrogens with one attached hydrogen (secondary N) is 1. The molecular formula is C12H19ClFN3. The van der Waals surface area contributed by atoms with Crippen molar-refractivity contribution in [1.82, 2.24) is 4.90 Å². The quantitative estimate of drug-likeness (QED) is 0.799. The Hall–Kier alpha value is -1.00. The van der Waals surface area contributed by atoms with Gasteiger partial charge in [-0.3, -0.25) is 0 Å². The minimum absolute atomic E-state index is 0.0485. The number of nitrogen functional groups attached to an aromatic ring is 1. The SMILES string of the molecule is CC(C)N(C)CCNc1cc(F)c(Cl)cc1N.